The van der Waals surface area contributed by atoms with E-state index in [-0.39, 0.29) is 11.9 Å². The van der Waals surface area contributed by atoms with Gasteiger partial charge in [0.25, 0.3) is 5.91 Å². The van der Waals surface area contributed by atoms with E-state index in [9.17, 15) is 4.79 Å². The van der Waals surface area contributed by atoms with E-state index in [0.29, 0.717) is 12.4 Å². The molecule has 0 radical (unpaired) electrons. The summed E-state index contributed by atoms with van der Waals surface area (Å²) in [6.45, 7) is 6.02. The third kappa shape index (κ3) is 5.62. The van der Waals surface area contributed by atoms with Gasteiger partial charge in [-0.25, -0.2) is 0 Å². The lowest BCUT2D eigenvalue weighted by atomic mass is 10.3. The Morgan fingerprint density at radius 1 is 1.13 bits per heavy atom. The van der Waals surface area contributed by atoms with E-state index in [0.717, 1.165) is 11.3 Å². The van der Waals surface area contributed by atoms with Gasteiger partial charge in [0.1, 0.15) is 18.1 Å². The van der Waals surface area contributed by atoms with Crippen LogP contribution in [0.15, 0.2) is 48.8 Å². The van der Waals surface area contributed by atoms with Crippen LogP contribution in [0, 0.1) is 0 Å². The molecular weight excluding hydrogens is 292 g/mol. The maximum absolute atomic E-state index is 11.8. The summed E-state index contributed by atoms with van der Waals surface area (Å²) in [5.74, 6) is 1.24. The van der Waals surface area contributed by atoms with E-state index in [1.807, 2.05) is 38.1 Å². The van der Waals surface area contributed by atoms with Gasteiger partial charge in [-0.3, -0.25) is 9.78 Å². The van der Waals surface area contributed by atoms with E-state index in [2.05, 4.69) is 10.3 Å². The minimum Gasteiger partial charge on any atom is -0.489 e. The van der Waals surface area contributed by atoms with Gasteiger partial charge in [-0.2, -0.15) is 0 Å². The van der Waals surface area contributed by atoms with Gasteiger partial charge in [0, 0.05) is 24.0 Å². The van der Waals surface area contributed by atoms with Gasteiger partial charge in [-0.1, -0.05) is 6.07 Å². The highest BCUT2D eigenvalue weighted by Crippen LogP contribution is 2.19. The van der Waals surface area contributed by atoms with Crippen LogP contribution in [0.2, 0.25) is 0 Å². The molecule has 0 aliphatic heterocycles. The maximum atomic E-state index is 11.8. The highest BCUT2D eigenvalue weighted by Gasteiger charge is 2.15. The lowest BCUT2D eigenvalue weighted by Gasteiger charge is -2.16. The maximum Gasteiger partial charge on any atom is 0.260 e. The fourth-order valence-corrected chi connectivity index (χ4v) is 1.92. The van der Waals surface area contributed by atoms with Crippen LogP contribution in [-0.4, -0.2) is 23.0 Å². The molecule has 2 aromatic rings. The topological polar surface area (TPSA) is 60.5 Å². The minimum absolute atomic E-state index is 0.0943. The molecule has 1 unspecified atom stereocenters. The lowest BCUT2D eigenvalue weighted by Crippen LogP contribution is -2.39. The first kappa shape index (κ1) is 16.8. The third-order valence-electron chi connectivity index (χ3n) is 3.07. The van der Waals surface area contributed by atoms with E-state index >= 15 is 0 Å². The predicted octanol–water partition coefficient (Wildman–Crippen LogP) is 2.95. The van der Waals surface area contributed by atoms with Crippen LogP contribution in [0.5, 0.6) is 11.5 Å². The molecule has 0 aliphatic carbocycles. The second kappa shape index (κ2) is 8.17. The van der Waals surface area contributed by atoms with Gasteiger partial charge in [0.2, 0.25) is 0 Å². The van der Waals surface area contributed by atoms with Gasteiger partial charge in [0.05, 0.1) is 0 Å². The van der Waals surface area contributed by atoms with Crippen molar-refractivity contribution in [2.24, 2.45) is 0 Å². The number of carbonyl (C=O) groups is 1. The van der Waals surface area contributed by atoms with Crippen molar-refractivity contribution in [2.45, 2.75) is 39.5 Å². The molecule has 1 aromatic heterocycles. The van der Waals surface area contributed by atoms with Gasteiger partial charge in [-0.05, 0) is 51.1 Å². The average molecular weight is 314 g/mol. The fourth-order valence-electron chi connectivity index (χ4n) is 1.92. The van der Waals surface area contributed by atoms with Crippen molar-refractivity contribution in [1.29, 1.82) is 0 Å². The molecule has 23 heavy (non-hydrogen) atoms. The number of rotatable bonds is 7. The predicted molar refractivity (Wildman–Crippen MR) is 88.4 cm³/mol. The summed E-state index contributed by atoms with van der Waals surface area (Å²) in [5, 5.41) is 2.82. The zero-order chi connectivity index (χ0) is 16.7. The normalized spacial score (nSPS) is 11.8. The molecular formula is C18H22N2O3. The zero-order valence-corrected chi connectivity index (χ0v) is 13.7. The number of aromatic nitrogens is 1. The molecule has 5 nitrogen and oxygen atoms in total. The molecule has 122 valence electrons. The second-order valence-corrected chi connectivity index (χ2v) is 5.54. The fraction of sp³-hybridized carbons (Fsp3) is 0.333. The molecule has 0 fully saturated rings. The molecule has 0 saturated heterocycles. The van der Waals surface area contributed by atoms with Crippen LogP contribution in [0.25, 0.3) is 0 Å². The van der Waals surface area contributed by atoms with Crippen LogP contribution in [0.4, 0.5) is 0 Å². The molecule has 1 heterocycles. The van der Waals surface area contributed by atoms with Crippen LogP contribution < -0.4 is 14.8 Å². The summed E-state index contributed by atoms with van der Waals surface area (Å²) in [4.78, 5) is 15.9. The minimum atomic E-state index is -0.542. The number of hydrogen-bond donors (Lipinski definition) is 1. The zero-order valence-electron chi connectivity index (χ0n) is 13.7. The number of nitrogens with zero attached hydrogens (tertiary/aromatic N) is 1. The molecule has 0 aliphatic rings. The Balaban J connectivity index is 1.85. The van der Waals surface area contributed by atoms with E-state index in [1.165, 1.54) is 0 Å². The van der Waals surface area contributed by atoms with E-state index in [4.69, 9.17) is 9.47 Å². The van der Waals surface area contributed by atoms with E-state index in [1.54, 1.807) is 31.5 Å². The third-order valence-corrected chi connectivity index (χ3v) is 3.07. The van der Waals surface area contributed by atoms with Crippen molar-refractivity contribution in [2.75, 3.05) is 0 Å². The number of pyridine rings is 1. The van der Waals surface area contributed by atoms with Crippen LogP contribution in [0.1, 0.15) is 26.3 Å². The van der Waals surface area contributed by atoms with Crippen LogP contribution >= 0.6 is 0 Å². The number of amides is 1. The first-order chi connectivity index (χ1) is 11.0. The second-order valence-electron chi connectivity index (χ2n) is 5.54. The molecule has 1 amide bonds. The van der Waals surface area contributed by atoms with Crippen molar-refractivity contribution < 1.29 is 14.3 Å². The Morgan fingerprint density at radius 3 is 2.43 bits per heavy atom. The summed E-state index contributed by atoms with van der Waals surface area (Å²) >= 11 is 0. The highest BCUT2D eigenvalue weighted by atomic mass is 16.5. The monoisotopic (exact) mass is 314 g/mol. The molecule has 2 rings (SSSR count). The highest BCUT2D eigenvalue weighted by molar-refractivity contribution is 5.80. The van der Waals surface area contributed by atoms with Crippen LogP contribution in [-0.2, 0) is 11.4 Å². The molecule has 1 aromatic carbocycles. The molecule has 0 spiro atoms. The molecule has 0 saturated carbocycles. The van der Waals surface area contributed by atoms with Gasteiger partial charge >= 0.3 is 0 Å². The Hall–Kier alpha value is -2.56. The van der Waals surface area contributed by atoms with Crippen molar-refractivity contribution in [3.63, 3.8) is 0 Å². The van der Waals surface area contributed by atoms with Gasteiger partial charge < -0.3 is 14.8 Å². The largest absolute Gasteiger partial charge is 0.489 e. The van der Waals surface area contributed by atoms with Crippen molar-refractivity contribution in [3.8, 4) is 11.5 Å². The van der Waals surface area contributed by atoms with Crippen molar-refractivity contribution in [1.82, 2.24) is 10.3 Å². The van der Waals surface area contributed by atoms with Crippen molar-refractivity contribution in [3.05, 3.63) is 54.4 Å². The van der Waals surface area contributed by atoms with Gasteiger partial charge in [0.15, 0.2) is 6.10 Å². The SMILES string of the molecule is CC(C)NC(=O)C(C)Oc1ccc(OCc2cccnc2)cc1. The summed E-state index contributed by atoms with van der Waals surface area (Å²) < 4.78 is 11.3. The molecule has 0 bridgehead atoms. The van der Waals surface area contributed by atoms with Crippen LogP contribution in [0.3, 0.4) is 0 Å². The number of carbonyl (C=O) groups excluding carboxylic acids is 1. The standard InChI is InChI=1S/C18H22N2O3/c1-13(2)20-18(21)14(3)23-17-8-6-16(7-9-17)22-12-15-5-4-10-19-11-15/h4-11,13-14H,12H2,1-3H3,(H,20,21). The Bertz CT molecular complexity index is 612. The quantitative estimate of drug-likeness (QED) is 0.853. The molecule has 1 atom stereocenters. The summed E-state index contributed by atoms with van der Waals surface area (Å²) in [6, 6.07) is 11.1. The summed E-state index contributed by atoms with van der Waals surface area (Å²) in [7, 11) is 0. The number of benzene rings is 1. The summed E-state index contributed by atoms with van der Waals surface area (Å²) in [6.07, 6.45) is 2.96. The van der Waals surface area contributed by atoms with E-state index < -0.39 is 6.10 Å². The average Bonchev–Trinajstić information content (AvgIpc) is 2.54. The smallest absolute Gasteiger partial charge is 0.260 e. The Labute approximate surface area is 136 Å². The van der Waals surface area contributed by atoms with Crippen molar-refractivity contribution >= 4 is 5.91 Å². The summed E-state index contributed by atoms with van der Waals surface area (Å²) in [5.41, 5.74) is 1.01. The Kier molecular flexibility index (Phi) is 5.97. The Morgan fingerprint density at radius 2 is 1.83 bits per heavy atom. The van der Waals surface area contributed by atoms with Gasteiger partial charge in [-0.15, -0.1) is 0 Å². The first-order valence-corrected chi connectivity index (χ1v) is 7.63. The number of hydrogen-bond acceptors (Lipinski definition) is 4. The first-order valence-electron chi connectivity index (χ1n) is 7.63. The number of nitrogens with one attached hydrogen (secondary N) is 1. The number of ether oxygens (including phenoxy) is 2. The molecule has 1 N–H and O–H groups in total. The lowest BCUT2D eigenvalue weighted by molar-refractivity contribution is -0.127. The molecule has 5 heteroatoms.